The Morgan fingerprint density at radius 1 is 1.38 bits per heavy atom. The van der Waals surface area contributed by atoms with Crippen molar-refractivity contribution in [3.63, 3.8) is 0 Å². The Balaban J connectivity index is 1.75. The molecule has 3 aromatic rings. The van der Waals surface area contributed by atoms with Crippen molar-refractivity contribution >= 4 is 16.3 Å². The van der Waals surface area contributed by atoms with E-state index in [1.54, 1.807) is 11.3 Å². The lowest BCUT2D eigenvalue weighted by Gasteiger charge is -2.13. The van der Waals surface area contributed by atoms with Crippen molar-refractivity contribution in [2.45, 2.75) is 32.5 Å². The SMILES string of the molecule is CC(C)Oc1cccc(C(O)Cc2cn3ccsc3n2)c1. The minimum Gasteiger partial charge on any atom is -0.491 e. The second-order valence-corrected chi connectivity index (χ2v) is 6.16. The molecule has 0 aliphatic carbocycles. The first kappa shape index (κ1) is 14.1. The van der Waals surface area contributed by atoms with Crippen LogP contribution in [0.15, 0.2) is 42.0 Å². The third kappa shape index (κ3) is 3.25. The van der Waals surface area contributed by atoms with E-state index in [0.29, 0.717) is 6.42 Å². The number of thiazole rings is 1. The fourth-order valence-corrected chi connectivity index (χ4v) is 2.98. The Hall–Kier alpha value is -1.85. The number of hydrogen-bond acceptors (Lipinski definition) is 4. The number of hydrogen-bond donors (Lipinski definition) is 1. The number of fused-ring (bicyclic) bond motifs is 1. The molecule has 2 heterocycles. The van der Waals surface area contributed by atoms with E-state index in [4.69, 9.17) is 4.74 Å². The van der Waals surface area contributed by atoms with Gasteiger partial charge < -0.3 is 9.84 Å². The number of benzene rings is 1. The van der Waals surface area contributed by atoms with Gasteiger partial charge in [-0.25, -0.2) is 4.98 Å². The van der Waals surface area contributed by atoms with Gasteiger partial charge in [0.15, 0.2) is 4.96 Å². The van der Waals surface area contributed by atoms with Crippen molar-refractivity contribution in [3.8, 4) is 5.75 Å². The van der Waals surface area contributed by atoms with Crippen LogP contribution in [0, 0.1) is 0 Å². The first-order chi connectivity index (χ1) is 10.1. The summed E-state index contributed by atoms with van der Waals surface area (Å²) in [6.45, 7) is 3.97. The summed E-state index contributed by atoms with van der Waals surface area (Å²) >= 11 is 1.59. The molecule has 0 bridgehead atoms. The Bertz CT molecular complexity index is 704. The number of nitrogens with zero attached hydrogens (tertiary/aromatic N) is 2. The first-order valence-corrected chi connectivity index (χ1v) is 7.85. The lowest BCUT2D eigenvalue weighted by atomic mass is 10.1. The summed E-state index contributed by atoms with van der Waals surface area (Å²) < 4.78 is 7.64. The van der Waals surface area contributed by atoms with Crippen molar-refractivity contribution in [1.82, 2.24) is 9.38 Å². The topological polar surface area (TPSA) is 46.8 Å². The van der Waals surface area contributed by atoms with E-state index < -0.39 is 6.10 Å². The van der Waals surface area contributed by atoms with E-state index in [-0.39, 0.29) is 6.10 Å². The third-order valence-electron chi connectivity index (χ3n) is 3.16. The van der Waals surface area contributed by atoms with Crippen molar-refractivity contribution in [3.05, 3.63) is 53.3 Å². The van der Waals surface area contributed by atoms with Gasteiger partial charge in [0, 0.05) is 24.2 Å². The summed E-state index contributed by atoms with van der Waals surface area (Å²) in [5.74, 6) is 0.785. The van der Waals surface area contributed by atoms with Crippen LogP contribution in [0.25, 0.3) is 4.96 Å². The van der Waals surface area contributed by atoms with E-state index in [9.17, 15) is 5.11 Å². The van der Waals surface area contributed by atoms with E-state index >= 15 is 0 Å². The monoisotopic (exact) mass is 302 g/mol. The zero-order chi connectivity index (χ0) is 14.8. The third-order valence-corrected chi connectivity index (χ3v) is 3.93. The van der Waals surface area contributed by atoms with Gasteiger partial charge in [-0.2, -0.15) is 0 Å². The van der Waals surface area contributed by atoms with Crippen LogP contribution in [-0.4, -0.2) is 20.6 Å². The number of aromatic nitrogens is 2. The average molecular weight is 302 g/mol. The van der Waals surface area contributed by atoms with Crippen molar-refractivity contribution in [2.75, 3.05) is 0 Å². The molecule has 0 radical (unpaired) electrons. The van der Waals surface area contributed by atoms with Crippen molar-refractivity contribution < 1.29 is 9.84 Å². The molecule has 0 saturated heterocycles. The van der Waals surface area contributed by atoms with Crippen LogP contribution in [0.2, 0.25) is 0 Å². The molecular formula is C16H18N2O2S. The smallest absolute Gasteiger partial charge is 0.193 e. The zero-order valence-corrected chi connectivity index (χ0v) is 12.9. The van der Waals surface area contributed by atoms with Gasteiger partial charge in [0.1, 0.15) is 5.75 Å². The molecule has 5 heteroatoms. The van der Waals surface area contributed by atoms with Gasteiger partial charge in [-0.15, -0.1) is 11.3 Å². The molecular weight excluding hydrogens is 284 g/mol. The van der Waals surface area contributed by atoms with Crippen molar-refractivity contribution in [1.29, 1.82) is 0 Å². The molecule has 0 fully saturated rings. The van der Waals surface area contributed by atoms with Gasteiger partial charge in [-0.05, 0) is 31.5 Å². The fourth-order valence-electron chi connectivity index (χ4n) is 2.26. The average Bonchev–Trinajstić information content (AvgIpc) is 2.99. The van der Waals surface area contributed by atoms with Crippen LogP contribution in [-0.2, 0) is 6.42 Å². The lowest BCUT2D eigenvalue weighted by Crippen LogP contribution is -2.07. The second-order valence-electron chi connectivity index (χ2n) is 5.28. The Morgan fingerprint density at radius 3 is 3.00 bits per heavy atom. The summed E-state index contributed by atoms with van der Waals surface area (Å²) in [5.41, 5.74) is 1.74. The number of imidazole rings is 1. The molecule has 21 heavy (non-hydrogen) atoms. The predicted molar refractivity (Wildman–Crippen MR) is 83.9 cm³/mol. The molecule has 1 aromatic carbocycles. The van der Waals surface area contributed by atoms with Crippen LogP contribution in [0.4, 0.5) is 0 Å². The highest BCUT2D eigenvalue weighted by Gasteiger charge is 2.13. The van der Waals surface area contributed by atoms with E-state index in [1.165, 1.54) is 0 Å². The van der Waals surface area contributed by atoms with Crippen molar-refractivity contribution in [2.24, 2.45) is 0 Å². The maximum atomic E-state index is 10.4. The summed E-state index contributed by atoms with van der Waals surface area (Å²) in [6.07, 6.45) is 3.98. The number of ether oxygens (including phenoxy) is 1. The maximum Gasteiger partial charge on any atom is 0.193 e. The zero-order valence-electron chi connectivity index (χ0n) is 12.1. The van der Waals surface area contributed by atoms with Gasteiger partial charge in [-0.1, -0.05) is 12.1 Å². The molecule has 2 aromatic heterocycles. The van der Waals surface area contributed by atoms with Crippen LogP contribution in [0.1, 0.15) is 31.2 Å². The molecule has 0 saturated carbocycles. The van der Waals surface area contributed by atoms with Crippen LogP contribution < -0.4 is 4.74 Å². The van der Waals surface area contributed by atoms with E-state index in [0.717, 1.165) is 22.0 Å². The second kappa shape index (κ2) is 5.87. The van der Waals surface area contributed by atoms with Crippen LogP contribution in [0.5, 0.6) is 5.75 Å². The molecule has 1 N–H and O–H groups in total. The summed E-state index contributed by atoms with van der Waals surface area (Å²) in [6, 6.07) is 7.62. The first-order valence-electron chi connectivity index (χ1n) is 6.97. The normalized spacial score (nSPS) is 13.0. The Labute approximate surface area is 127 Å². The van der Waals surface area contributed by atoms with Crippen LogP contribution >= 0.6 is 11.3 Å². The lowest BCUT2D eigenvalue weighted by molar-refractivity contribution is 0.176. The van der Waals surface area contributed by atoms with Gasteiger partial charge in [0.2, 0.25) is 0 Å². The molecule has 0 amide bonds. The highest BCUT2D eigenvalue weighted by atomic mass is 32.1. The summed E-state index contributed by atoms with van der Waals surface area (Å²) in [7, 11) is 0. The molecule has 1 atom stereocenters. The maximum absolute atomic E-state index is 10.4. The quantitative estimate of drug-likeness (QED) is 0.785. The summed E-state index contributed by atoms with van der Waals surface area (Å²) in [4.78, 5) is 5.45. The van der Waals surface area contributed by atoms with E-state index in [1.807, 2.05) is 60.3 Å². The molecule has 1 unspecified atom stereocenters. The fraction of sp³-hybridized carbons (Fsp3) is 0.312. The van der Waals surface area contributed by atoms with Gasteiger partial charge >= 0.3 is 0 Å². The minimum absolute atomic E-state index is 0.123. The molecule has 3 rings (SSSR count). The Morgan fingerprint density at radius 2 is 2.24 bits per heavy atom. The number of rotatable bonds is 5. The van der Waals surface area contributed by atoms with Gasteiger partial charge in [0.05, 0.1) is 17.9 Å². The van der Waals surface area contributed by atoms with Crippen LogP contribution in [0.3, 0.4) is 0 Å². The molecule has 0 aliphatic heterocycles. The van der Waals surface area contributed by atoms with E-state index in [2.05, 4.69) is 4.98 Å². The molecule has 0 aliphatic rings. The standard InChI is InChI=1S/C16H18N2O2S/c1-11(2)20-14-5-3-4-12(8-14)15(19)9-13-10-18-6-7-21-16(18)17-13/h3-8,10-11,15,19H,9H2,1-2H3. The highest BCUT2D eigenvalue weighted by molar-refractivity contribution is 7.15. The number of aliphatic hydroxyl groups is 1. The largest absolute Gasteiger partial charge is 0.491 e. The summed E-state index contributed by atoms with van der Waals surface area (Å²) in [5, 5.41) is 12.4. The molecule has 4 nitrogen and oxygen atoms in total. The molecule has 110 valence electrons. The number of aliphatic hydroxyl groups excluding tert-OH is 1. The minimum atomic E-state index is -0.578. The molecule has 0 spiro atoms. The van der Waals surface area contributed by atoms with Gasteiger partial charge in [0.25, 0.3) is 0 Å². The predicted octanol–water partition coefficient (Wildman–Crippen LogP) is 3.46. The highest BCUT2D eigenvalue weighted by Crippen LogP contribution is 2.23. The Kier molecular flexibility index (Phi) is 3.94. The van der Waals surface area contributed by atoms with Gasteiger partial charge in [-0.3, -0.25) is 4.40 Å².